The Morgan fingerprint density at radius 1 is 1.36 bits per heavy atom. The first kappa shape index (κ1) is 15.7. The van der Waals surface area contributed by atoms with Gasteiger partial charge in [0.1, 0.15) is 11.1 Å². The number of hydrogen-bond donors (Lipinski definition) is 0. The molecule has 3 unspecified atom stereocenters. The zero-order valence-corrected chi connectivity index (χ0v) is 15.1. The highest BCUT2D eigenvalue weighted by atomic mass is 79.9. The SMILES string of the molecule is CC1CC2CC(c3ncc(Br)cn3)(C1)N2C(=O)OC(C)(C)C. The summed E-state index contributed by atoms with van der Waals surface area (Å²) in [5.41, 5.74) is -0.889. The monoisotopic (exact) mass is 367 g/mol. The van der Waals surface area contributed by atoms with Crippen molar-refractivity contribution in [2.45, 2.75) is 64.1 Å². The standard InChI is InChI=1S/C16H22BrN3O2/c1-10-5-12-7-16(6-10,13-18-8-11(17)9-19-13)20(12)14(21)22-15(2,3)4/h8-10,12H,5-7H2,1-4H3. The Hall–Kier alpha value is -1.17. The first-order chi connectivity index (χ1) is 10.2. The van der Waals surface area contributed by atoms with Crippen LogP contribution in [0.3, 0.4) is 0 Å². The molecule has 4 rings (SSSR count). The molecule has 0 spiro atoms. The number of hydrogen-bond acceptors (Lipinski definition) is 4. The lowest BCUT2D eigenvalue weighted by molar-refractivity contribution is -0.132. The number of halogens is 1. The lowest BCUT2D eigenvalue weighted by Gasteiger charge is -2.61. The number of ether oxygens (including phenoxy) is 1. The van der Waals surface area contributed by atoms with Crippen LogP contribution in [0.1, 0.15) is 52.8 Å². The third kappa shape index (κ3) is 2.62. The molecule has 1 aromatic heterocycles. The predicted molar refractivity (Wildman–Crippen MR) is 86.3 cm³/mol. The summed E-state index contributed by atoms with van der Waals surface area (Å²) in [6.07, 6.45) is 6.09. The highest BCUT2D eigenvalue weighted by Gasteiger charge is 2.61. The van der Waals surface area contributed by atoms with Crippen LogP contribution in [0.15, 0.2) is 16.9 Å². The van der Waals surface area contributed by atoms with Gasteiger partial charge in [0.2, 0.25) is 0 Å². The Morgan fingerprint density at radius 3 is 2.59 bits per heavy atom. The van der Waals surface area contributed by atoms with Gasteiger partial charge in [-0.2, -0.15) is 0 Å². The van der Waals surface area contributed by atoms with Crippen molar-refractivity contribution in [3.05, 3.63) is 22.7 Å². The van der Waals surface area contributed by atoms with Crippen molar-refractivity contribution in [1.82, 2.24) is 14.9 Å². The van der Waals surface area contributed by atoms with Crippen LogP contribution in [-0.4, -0.2) is 32.6 Å². The van der Waals surface area contributed by atoms with Crippen LogP contribution in [0.4, 0.5) is 4.79 Å². The normalized spacial score (nSPS) is 30.7. The highest BCUT2D eigenvalue weighted by molar-refractivity contribution is 9.10. The molecule has 2 saturated heterocycles. The van der Waals surface area contributed by atoms with Crippen LogP contribution in [-0.2, 0) is 10.3 Å². The van der Waals surface area contributed by atoms with Crippen molar-refractivity contribution in [1.29, 1.82) is 0 Å². The van der Waals surface area contributed by atoms with Gasteiger partial charge in [-0.1, -0.05) is 6.92 Å². The summed E-state index contributed by atoms with van der Waals surface area (Å²) in [5.74, 6) is 1.29. The molecule has 3 heterocycles. The van der Waals surface area contributed by atoms with Crippen LogP contribution >= 0.6 is 15.9 Å². The summed E-state index contributed by atoms with van der Waals surface area (Å²) in [6.45, 7) is 7.91. The second-order valence-electron chi connectivity index (χ2n) is 7.51. The van der Waals surface area contributed by atoms with Crippen LogP contribution < -0.4 is 0 Å². The van der Waals surface area contributed by atoms with Crippen molar-refractivity contribution in [2.24, 2.45) is 5.92 Å². The van der Waals surface area contributed by atoms with Gasteiger partial charge in [-0.25, -0.2) is 14.8 Å². The van der Waals surface area contributed by atoms with E-state index in [1.165, 1.54) is 0 Å². The van der Waals surface area contributed by atoms with E-state index in [0.717, 1.165) is 29.6 Å². The Balaban J connectivity index is 1.92. The second kappa shape index (κ2) is 5.18. The fraction of sp³-hybridized carbons (Fsp3) is 0.688. The Labute approximate surface area is 139 Å². The number of rotatable bonds is 1. The smallest absolute Gasteiger partial charge is 0.411 e. The molecule has 3 atom stereocenters. The zero-order chi connectivity index (χ0) is 16.1. The molecular weight excluding hydrogens is 346 g/mol. The van der Waals surface area contributed by atoms with E-state index in [4.69, 9.17) is 4.74 Å². The molecule has 6 heteroatoms. The van der Waals surface area contributed by atoms with E-state index in [2.05, 4.69) is 32.8 Å². The van der Waals surface area contributed by atoms with Gasteiger partial charge in [-0.05, 0) is 61.9 Å². The number of aromatic nitrogens is 2. The van der Waals surface area contributed by atoms with Crippen molar-refractivity contribution in [2.75, 3.05) is 0 Å². The molecule has 120 valence electrons. The maximum absolute atomic E-state index is 12.6. The number of amides is 1. The predicted octanol–water partition coefficient (Wildman–Crippen LogP) is 3.87. The molecule has 3 aliphatic rings. The van der Waals surface area contributed by atoms with E-state index in [0.29, 0.717) is 5.92 Å². The van der Waals surface area contributed by atoms with Gasteiger partial charge in [0.05, 0.1) is 4.47 Å². The molecule has 1 aliphatic carbocycles. The fourth-order valence-electron chi connectivity index (χ4n) is 3.79. The minimum Gasteiger partial charge on any atom is -0.444 e. The average molecular weight is 368 g/mol. The van der Waals surface area contributed by atoms with Gasteiger partial charge in [0.25, 0.3) is 0 Å². The van der Waals surface area contributed by atoms with E-state index in [9.17, 15) is 4.79 Å². The molecule has 1 amide bonds. The molecule has 0 radical (unpaired) electrons. The molecule has 0 N–H and O–H groups in total. The van der Waals surface area contributed by atoms with Gasteiger partial charge >= 0.3 is 6.09 Å². The first-order valence-electron chi connectivity index (χ1n) is 7.72. The number of piperidine rings is 1. The molecule has 0 aromatic carbocycles. The first-order valence-corrected chi connectivity index (χ1v) is 8.51. The summed E-state index contributed by atoms with van der Waals surface area (Å²) in [5, 5.41) is 0. The van der Waals surface area contributed by atoms with Gasteiger partial charge in [-0.3, -0.25) is 4.90 Å². The van der Waals surface area contributed by atoms with Crippen LogP contribution in [0.2, 0.25) is 0 Å². The molecule has 5 nitrogen and oxygen atoms in total. The minimum absolute atomic E-state index is 0.242. The topological polar surface area (TPSA) is 55.3 Å². The maximum atomic E-state index is 12.6. The van der Waals surface area contributed by atoms with E-state index in [-0.39, 0.29) is 12.1 Å². The second-order valence-corrected chi connectivity index (χ2v) is 8.43. The number of carbonyl (C=O) groups is 1. The summed E-state index contributed by atoms with van der Waals surface area (Å²) in [4.78, 5) is 23.5. The third-order valence-electron chi connectivity index (χ3n) is 4.39. The van der Waals surface area contributed by atoms with Gasteiger partial charge < -0.3 is 4.74 Å². The highest BCUT2D eigenvalue weighted by Crippen LogP contribution is 2.55. The lowest BCUT2D eigenvalue weighted by atomic mass is 9.64. The minimum atomic E-state index is -0.492. The van der Waals surface area contributed by atoms with E-state index < -0.39 is 11.1 Å². The summed E-state index contributed by atoms with van der Waals surface area (Å²) in [7, 11) is 0. The molecule has 1 saturated carbocycles. The van der Waals surface area contributed by atoms with Crippen molar-refractivity contribution >= 4 is 22.0 Å². The quantitative estimate of drug-likeness (QED) is 0.755. The van der Waals surface area contributed by atoms with Crippen LogP contribution in [0.5, 0.6) is 0 Å². The van der Waals surface area contributed by atoms with E-state index >= 15 is 0 Å². The van der Waals surface area contributed by atoms with Crippen LogP contribution in [0.25, 0.3) is 0 Å². The van der Waals surface area contributed by atoms with Gasteiger partial charge in [0.15, 0.2) is 5.82 Å². The Bertz CT molecular complexity index is 584. The summed E-state index contributed by atoms with van der Waals surface area (Å²) >= 11 is 3.37. The summed E-state index contributed by atoms with van der Waals surface area (Å²) < 4.78 is 6.45. The molecule has 2 bridgehead atoms. The zero-order valence-electron chi connectivity index (χ0n) is 13.5. The molecule has 2 aliphatic heterocycles. The lowest BCUT2D eigenvalue weighted by Crippen LogP contribution is -2.70. The van der Waals surface area contributed by atoms with Gasteiger partial charge in [0, 0.05) is 18.4 Å². The van der Waals surface area contributed by atoms with Gasteiger partial charge in [-0.15, -0.1) is 0 Å². The Kier molecular flexibility index (Phi) is 3.70. The van der Waals surface area contributed by atoms with Crippen LogP contribution in [0, 0.1) is 5.92 Å². The number of carbonyl (C=O) groups excluding carboxylic acids is 1. The average Bonchev–Trinajstić information content (AvgIpc) is 2.35. The Morgan fingerprint density at radius 2 is 2.00 bits per heavy atom. The fourth-order valence-corrected chi connectivity index (χ4v) is 3.99. The largest absolute Gasteiger partial charge is 0.444 e. The third-order valence-corrected chi connectivity index (χ3v) is 4.80. The molecular formula is C16H22BrN3O2. The molecule has 22 heavy (non-hydrogen) atoms. The number of nitrogens with zero attached hydrogens (tertiary/aromatic N) is 3. The van der Waals surface area contributed by atoms with Crippen molar-refractivity contribution < 1.29 is 9.53 Å². The maximum Gasteiger partial charge on any atom is 0.411 e. The van der Waals surface area contributed by atoms with E-state index in [1.807, 2.05) is 25.7 Å². The molecule has 3 fully saturated rings. The summed E-state index contributed by atoms with van der Waals surface area (Å²) in [6, 6.07) is 0.242. The number of fused-ring (bicyclic) bond motifs is 2. The van der Waals surface area contributed by atoms with Crippen molar-refractivity contribution in [3.8, 4) is 0 Å². The molecule has 1 aromatic rings. The van der Waals surface area contributed by atoms with E-state index in [1.54, 1.807) is 12.4 Å². The van der Waals surface area contributed by atoms with Crippen molar-refractivity contribution in [3.63, 3.8) is 0 Å².